The molecule has 0 unspecified atom stereocenters. The first-order valence-electron chi connectivity index (χ1n) is 1.65. The molecule has 0 saturated carbocycles. The molecule has 0 amide bonds. The maximum atomic E-state index is 9.99. The number of halogens is 2. The second-order valence-corrected chi connectivity index (χ2v) is 1.63. The summed E-state index contributed by atoms with van der Waals surface area (Å²) in [5.41, 5.74) is 1.51. The molecule has 0 heterocycles. The fraction of sp³-hybridized carbons (Fsp3) is 0.250. The predicted molar refractivity (Wildman–Crippen MR) is 30.5 cm³/mol. The van der Waals surface area contributed by atoms with Gasteiger partial charge in [0.25, 0.3) is 0 Å². The van der Waals surface area contributed by atoms with Gasteiger partial charge in [0.05, 0.1) is 0 Å². The van der Waals surface area contributed by atoms with Gasteiger partial charge in [0.2, 0.25) is 5.24 Å². The summed E-state index contributed by atoms with van der Waals surface area (Å²) in [6, 6.07) is 0. The Hall–Kier alpha value is -0.0100. The molecule has 0 aliphatic rings. The molecule has 3 heteroatoms. The summed E-state index contributed by atoms with van der Waals surface area (Å²) in [5.74, 6) is 0. The minimum atomic E-state index is -0.505. The molecule has 0 radical (unpaired) electrons. The van der Waals surface area contributed by atoms with Crippen molar-refractivity contribution in [2.24, 2.45) is 0 Å². The second-order valence-electron chi connectivity index (χ2n) is 1.07. The minimum absolute atomic E-state index is 0.364. The van der Waals surface area contributed by atoms with E-state index in [1.54, 1.807) is 6.92 Å². The standard InChI is InChI=1S/C4H4Cl2O/c1-3(2-5)4(6)7/h2H,1H3/b3-2+. The first kappa shape index (κ1) is 6.99. The molecular formula is C4H4Cl2O. The van der Waals surface area contributed by atoms with Crippen molar-refractivity contribution in [2.45, 2.75) is 6.92 Å². The molecule has 0 bridgehead atoms. The predicted octanol–water partition coefficient (Wildman–Crippen LogP) is 1.89. The average Bonchev–Trinajstić information content (AvgIpc) is 1.65. The van der Waals surface area contributed by atoms with Gasteiger partial charge in [-0.25, -0.2) is 0 Å². The fourth-order valence-electron chi connectivity index (χ4n) is 0.0429. The number of hydrogen-bond donors (Lipinski definition) is 0. The summed E-state index contributed by atoms with van der Waals surface area (Å²) in [4.78, 5) is 9.99. The molecule has 0 aromatic rings. The van der Waals surface area contributed by atoms with Gasteiger partial charge < -0.3 is 0 Å². The van der Waals surface area contributed by atoms with Crippen molar-refractivity contribution in [3.8, 4) is 0 Å². The summed E-state index contributed by atoms with van der Waals surface area (Å²) in [6.07, 6.45) is 0. The smallest absolute Gasteiger partial charge is 0.248 e. The molecular weight excluding hydrogens is 135 g/mol. The van der Waals surface area contributed by atoms with Gasteiger partial charge in [-0.05, 0) is 18.5 Å². The van der Waals surface area contributed by atoms with Crippen LogP contribution in [0.4, 0.5) is 0 Å². The number of carbonyl (C=O) groups excluding carboxylic acids is 1. The lowest BCUT2D eigenvalue weighted by molar-refractivity contribution is -0.108. The molecule has 1 nitrogen and oxygen atoms in total. The Bertz CT molecular complexity index is 106. The molecule has 0 fully saturated rings. The molecule has 0 spiro atoms. The molecule has 0 aromatic carbocycles. The number of carbonyl (C=O) groups is 1. The van der Waals surface area contributed by atoms with Gasteiger partial charge in [-0.2, -0.15) is 0 Å². The normalized spacial score (nSPS) is 11.6. The quantitative estimate of drug-likeness (QED) is 0.400. The zero-order valence-electron chi connectivity index (χ0n) is 3.74. The molecule has 0 aliphatic heterocycles. The average molecular weight is 139 g/mol. The molecule has 0 aliphatic carbocycles. The minimum Gasteiger partial charge on any atom is -0.276 e. The van der Waals surface area contributed by atoms with E-state index in [0.717, 1.165) is 5.54 Å². The van der Waals surface area contributed by atoms with Crippen LogP contribution in [0.5, 0.6) is 0 Å². The zero-order valence-corrected chi connectivity index (χ0v) is 5.25. The molecule has 0 saturated heterocycles. The maximum Gasteiger partial charge on any atom is 0.248 e. The van der Waals surface area contributed by atoms with E-state index in [-0.39, 0.29) is 0 Å². The summed E-state index contributed by atoms with van der Waals surface area (Å²) in [7, 11) is 0. The van der Waals surface area contributed by atoms with Gasteiger partial charge in [0.1, 0.15) is 0 Å². The third-order valence-electron chi connectivity index (χ3n) is 0.474. The van der Waals surface area contributed by atoms with Crippen molar-refractivity contribution in [3.05, 3.63) is 11.1 Å². The zero-order chi connectivity index (χ0) is 5.86. The molecule has 0 atom stereocenters. The SMILES string of the molecule is C/C(=C\Cl)C(=O)Cl. The Labute approximate surface area is 51.9 Å². The van der Waals surface area contributed by atoms with E-state index < -0.39 is 5.24 Å². The van der Waals surface area contributed by atoms with Gasteiger partial charge in [-0.3, -0.25) is 4.79 Å². The summed E-state index contributed by atoms with van der Waals surface area (Å²) in [6.45, 7) is 1.54. The maximum absolute atomic E-state index is 9.99. The van der Waals surface area contributed by atoms with E-state index >= 15 is 0 Å². The third-order valence-corrected chi connectivity index (χ3v) is 1.10. The number of allylic oxidation sites excluding steroid dienone is 1. The van der Waals surface area contributed by atoms with Gasteiger partial charge in [-0.15, -0.1) is 0 Å². The highest BCUT2D eigenvalue weighted by Gasteiger charge is 1.93. The largest absolute Gasteiger partial charge is 0.276 e. The van der Waals surface area contributed by atoms with Crippen LogP contribution >= 0.6 is 23.2 Å². The van der Waals surface area contributed by atoms with Crippen molar-refractivity contribution < 1.29 is 4.79 Å². The van der Waals surface area contributed by atoms with Crippen LogP contribution in [-0.4, -0.2) is 5.24 Å². The topological polar surface area (TPSA) is 17.1 Å². The van der Waals surface area contributed by atoms with Crippen molar-refractivity contribution in [2.75, 3.05) is 0 Å². The Morgan fingerprint density at radius 1 is 1.71 bits per heavy atom. The highest BCUT2D eigenvalue weighted by atomic mass is 35.5. The Morgan fingerprint density at radius 2 is 2.14 bits per heavy atom. The van der Waals surface area contributed by atoms with E-state index in [0.29, 0.717) is 5.57 Å². The van der Waals surface area contributed by atoms with Crippen LogP contribution < -0.4 is 0 Å². The fourth-order valence-corrected chi connectivity index (χ4v) is 0.252. The van der Waals surface area contributed by atoms with Crippen LogP contribution in [0.1, 0.15) is 6.92 Å². The summed E-state index contributed by atoms with van der Waals surface area (Å²) < 4.78 is 0. The lowest BCUT2D eigenvalue weighted by atomic mass is 10.4. The molecule has 0 aromatic heterocycles. The first-order chi connectivity index (χ1) is 3.18. The number of rotatable bonds is 1. The monoisotopic (exact) mass is 138 g/mol. The summed E-state index contributed by atoms with van der Waals surface area (Å²) >= 11 is 10.0. The highest BCUT2D eigenvalue weighted by Crippen LogP contribution is 1.98. The van der Waals surface area contributed by atoms with E-state index in [4.69, 9.17) is 23.2 Å². The van der Waals surface area contributed by atoms with E-state index in [1.165, 1.54) is 0 Å². The number of hydrogen-bond acceptors (Lipinski definition) is 1. The second kappa shape index (κ2) is 3.05. The summed E-state index contributed by atoms with van der Waals surface area (Å²) in [5, 5.41) is -0.505. The van der Waals surface area contributed by atoms with Crippen LogP contribution in [0.2, 0.25) is 0 Å². The van der Waals surface area contributed by atoms with E-state index in [2.05, 4.69) is 0 Å². The lowest BCUT2D eigenvalue weighted by Crippen LogP contribution is -1.83. The molecule has 0 N–H and O–H groups in total. The van der Waals surface area contributed by atoms with Crippen LogP contribution in [0.25, 0.3) is 0 Å². The lowest BCUT2D eigenvalue weighted by Gasteiger charge is -1.81. The molecule has 7 heavy (non-hydrogen) atoms. The first-order valence-corrected chi connectivity index (χ1v) is 2.46. The van der Waals surface area contributed by atoms with E-state index in [1.807, 2.05) is 0 Å². The highest BCUT2D eigenvalue weighted by molar-refractivity contribution is 6.68. The van der Waals surface area contributed by atoms with Crippen molar-refractivity contribution in [3.63, 3.8) is 0 Å². The van der Waals surface area contributed by atoms with Crippen molar-refractivity contribution in [1.82, 2.24) is 0 Å². The van der Waals surface area contributed by atoms with Crippen LogP contribution in [0, 0.1) is 0 Å². The Kier molecular flexibility index (Phi) is 3.05. The van der Waals surface area contributed by atoms with Crippen LogP contribution in [0.3, 0.4) is 0 Å². The van der Waals surface area contributed by atoms with Gasteiger partial charge in [-0.1, -0.05) is 11.6 Å². The van der Waals surface area contributed by atoms with Crippen LogP contribution in [0.15, 0.2) is 11.1 Å². The van der Waals surface area contributed by atoms with Gasteiger partial charge in [0.15, 0.2) is 0 Å². The molecule has 40 valence electrons. The Balaban J connectivity index is 3.82. The van der Waals surface area contributed by atoms with E-state index in [9.17, 15) is 4.79 Å². The third kappa shape index (κ3) is 2.66. The molecule has 0 rings (SSSR count). The Morgan fingerprint density at radius 3 is 2.14 bits per heavy atom. The van der Waals surface area contributed by atoms with Crippen molar-refractivity contribution >= 4 is 28.4 Å². The van der Waals surface area contributed by atoms with Crippen molar-refractivity contribution in [1.29, 1.82) is 0 Å². The van der Waals surface area contributed by atoms with Crippen LogP contribution in [-0.2, 0) is 4.79 Å². The van der Waals surface area contributed by atoms with Gasteiger partial charge >= 0.3 is 0 Å². The van der Waals surface area contributed by atoms with Gasteiger partial charge in [0, 0.05) is 11.1 Å².